The van der Waals surface area contributed by atoms with Crippen molar-refractivity contribution in [1.82, 2.24) is 5.32 Å². The molecule has 3 atom stereocenters. The van der Waals surface area contributed by atoms with Crippen molar-refractivity contribution in [1.29, 1.82) is 0 Å². The number of para-hydroxylation sites is 1. The van der Waals surface area contributed by atoms with E-state index in [-0.39, 0.29) is 12.6 Å². The van der Waals surface area contributed by atoms with E-state index >= 15 is 0 Å². The molecule has 2 aromatic carbocycles. The van der Waals surface area contributed by atoms with Gasteiger partial charge in [-0.3, -0.25) is 9.69 Å². The van der Waals surface area contributed by atoms with Crippen molar-refractivity contribution in [3.8, 4) is 11.5 Å². The van der Waals surface area contributed by atoms with Gasteiger partial charge in [0.2, 0.25) is 5.72 Å². The molecular formula is C23H24N2O4S. The summed E-state index contributed by atoms with van der Waals surface area (Å²) in [6.45, 7) is 7.63. The summed E-state index contributed by atoms with van der Waals surface area (Å²) in [4.78, 5) is 15.0. The van der Waals surface area contributed by atoms with E-state index in [4.69, 9.17) is 26.4 Å². The molecule has 0 aliphatic carbocycles. The first-order valence-corrected chi connectivity index (χ1v) is 10.1. The van der Waals surface area contributed by atoms with Crippen LogP contribution < -0.4 is 19.7 Å². The van der Waals surface area contributed by atoms with E-state index in [1.54, 1.807) is 13.2 Å². The first kappa shape index (κ1) is 20.2. The van der Waals surface area contributed by atoms with Gasteiger partial charge in [0, 0.05) is 11.3 Å². The average molecular weight is 425 g/mol. The molecule has 0 saturated carbocycles. The highest BCUT2D eigenvalue weighted by Crippen LogP contribution is 2.52. The van der Waals surface area contributed by atoms with Crippen LogP contribution in [0.2, 0.25) is 0 Å². The Kier molecular flexibility index (Phi) is 5.15. The molecule has 1 fully saturated rings. The van der Waals surface area contributed by atoms with Crippen molar-refractivity contribution in [2.45, 2.75) is 25.6 Å². The van der Waals surface area contributed by atoms with Crippen molar-refractivity contribution in [2.75, 3.05) is 18.6 Å². The number of thiocarbonyl (C=S) groups is 1. The number of aryl methyl sites for hydroxylation is 1. The van der Waals surface area contributed by atoms with E-state index in [1.165, 1.54) is 0 Å². The van der Waals surface area contributed by atoms with E-state index in [9.17, 15) is 4.79 Å². The van der Waals surface area contributed by atoms with Gasteiger partial charge in [0.1, 0.15) is 12.5 Å². The second-order valence-electron chi connectivity index (χ2n) is 7.53. The zero-order valence-electron chi connectivity index (χ0n) is 17.2. The Morgan fingerprint density at radius 2 is 2.13 bits per heavy atom. The predicted molar refractivity (Wildman–Crippen MR) is 119 cm³/mol. The lowest BCUT2D eigenvalue weighted by atomic mass is 9.79. The van der Waals surface area contributed by atoms with Crippen LogP contribution in [0.5, 0.6) is 11.5 Å². The SMILES string of the molecule is C=CCOC(=O)[C@@H]1[C@@H]2NC(=S)N(c3cccc(C)c3)[C@@]1(C)Oc1c(OC)cccc12. The molecule has 0 aromatic heterocycles. The van der Waals surface area contributed by atoms with E-state index in [0.717, 1.165) is 16.8 Å². The zero-order chi connectivity index (χ0) is 21.5. The first-order chi connectivity index (χ1) is 14.4. The van der Waals surface area contributed by atoms with Crippen LogP contribution in [0.15, 0.2) is 55.1 Å². The molecular weight excluding hydrogens is 400 g/mol. The molecule has 7 heteroatoms. The number of ether oxygens (including phenoxy) is 3. The highest BCUT2D eigenvalue weighted by atomic mass is 32.1. The number of benzene rings is 2. The van der Waals surface area contributed by atoms with E-state index < -0.39 is 17.7 Å². The van der Waals surface area contributed by atoms with Crippen molar-refractivity contribution < 1.29 is 19.0 Å². The Morgan fingerprint density at radius 1 is 1.37 bits per heavy atom. The molecule has 1 N–H and O–H groups in total. The van der Waals surface area contributed by atoms with Gasteiger partial charge in [-0.2, -0.15) is 0 Å². The summed E-state index contributed by atoms with van der Waals surface area (Å²) in [5, 5.41) is 3.83. The normalized spacial score (nSPS) is 24.2. The zero-order valence-corrected chi connectivity index (χ0v) is 18.0. The molecule has 1 saturated heterocycles. The van der Waals surface area contributed by atoms with Crippen LogP contribution in [0.25, 0.3) is 0 Å². The maximum atomic E-state index is 13.2. The lowest BCUT2D eigenvalue weighted by molar-refractivity contribution is -0.159. The van der Waals surface area contributed by atoms with Gasteiger partial charge in [0.25, 0.3) is 0 Å². The average Bonchev–Trinajstić information content (AvgIpc) is 2.71. The van der Waals surface area contributed by atoms with Crippen molar-refractivity contribution in [3.05, 3.63) is 66.2 Å². The molecule has 4 rings (SSSR count). The predicted octanol–water partition coefficient (Wildman–Crippen LogP) is 3.89. The molecule has 30 heavy (non-hydrogen) atoms. The largest absolute Gasteiger partial charge is 0.493 e. The number of carbonyl (C=O) groups excluding carboxylic acids is 1. The number of fused-ring (bicyclic) bond motifs is 4. The molecule has 156 valence electrons. The molecule has 2 aliphatic rings. The van der Waals surface area contributed by atoms with Crippen molar-refractivity contribution in [3.63, 3.8) is 0 Å². The summed E-state index contributed by atoms with van der Waals surface area (Å²) < 4.78 is 17.6. The number of esters is 1. The van der Waals surface area contributed by atoms with Gasteiger partial charge in [-0.15, -0.1) is 0 Å². The maximum Gasteiger partial charge on any atom is 0.317 e. The van der Waals surface area contributed by atoms with E-state index in [0.29, 0.717) is 16.6 Å². The van der Waals surface area contributed by atoms with Gasteiger partial charge in [-0.25, -0.2) is 0 Å². The van der Waals surface area contributed by atoms with Crippen LogP contribution in [0, 0.1) is 12.8 Å². The van der Waals surface area contributed by atoms with Crippen LogP contribution in [0.4, 0.5) is 5.69 Å². The van der Waals surface area contributed by atoms with Gasteiger partial charge < -0.3 is 19.5 Å². The van der Waals surface area contributed by atoms with Gasteiger partial charge >= 0.3 is 5.97 Å². The minimum absolute atomic E-state index is 0.123. The fourth-order valence-electron chi connectivity index (χ4n) is 4.28. The third kappa shape index (κ3) is 3.10. The Morgan fingerprint density at radius 3 is 2.83 bits per heavy atom. The summed E-state index contributed by atoms with van der Waals surface area (Å²) >= 11 is 5.73. The van der Waals surface area contributed by atoms with Gasteiger partial charge in [-0.05, 0) is 49.8 Å². The summed E-state index contributed by atoms with van der Waals surface area (Å²) in [5.41, 5.74) is 1.58. The van der Waals surface area contributed by atoms with Crippen LogP contribution in [0.1, 0.15) is 24.1 Å². The monoisotopic (exact) mass is 424 g/mol. The number of nitrogens with zero attached hydrogens (tertiary/aromatic N) is 1. The molecule has 2 aromatic rings. The second kappa shape index (κ2) is 7.65. The Hall–Kier alpha value is -3.06. The number of hydrogen-bond acceptors (Lipinski definition) is 5. The Labute approximate surface area is 181 Å². The lowest BCUT2D eigenvalue weighted by Gasteiger charge is -2.55. The number of anilines is 1. The number of methoxy groups -OCH3 is 1. The van der Waals surface area contributed by atoms with Crippen LogP contribution >= 0.6 is 12.2 Å². The molecule has 2 bridgehead atoms. The standard InChI is InChI=1S/C23H24N2O4S/c1-5-12-28-21(26)18-19-16-10-7-11-17(27-4)20(16)29-23(18,3)25(22(30)24-19)15-9-6-8-14(2)13-15/h5-11,13,18-19H,1,12H2,2-4H3,(H,24,30)/t18-,19+,23-/m0/s1. The molecule has 0 radical (unpaired) electrons. The first-order valence-electron chi connectivity index (χ1n) is 9.71. The summed E-state index contributed by atoms with van der Waals surface area (Å²) in [6, 6.07) is 13.1. The minimum Gasteiger partial charge on any atom is -0.493 e. The molecule has 2 aliphatic heterocycles. The van der Waals surface area contributed by atoms with Crippen LogP contribution in [0.3, 0.4) is 0 Å². The Balaban J connectivity index is 1.90. The third-order valence-electron chi connectivity index (χ3n) is 5.57. The summed E-state index contributed by atoms with van der Waals surface area (Å²) in [7, 11) is 1.60. The smallest absolute Gasteiger partial charge is 0.317 e. The molecule has 0 amide bonds. The van der Waals surface area contributed by atoms with Gasteiger partial charge in [0.15, 0.2) is 16.6 Å². The fraction of sp³-hybridized carbons (Fsp3) is 0.304. The summed E-state index contributed by atoms with van der Waals surface area (Å²) in [6.07, 6.45) is 1.55. The fourth-order valence-corrected chi connectivity index (χ4v) is 4.69. The molecule has 6 nitrogen and oxygen atoms in total. The summed E-state index contributed by atoms with van der Waals surface area (Å²) in [5.74, 6) is 0.126. The molecule has 2 heterocycles. The van der Waals surface area contributed by atoms with Gasteiger partial charge in [-0.1, -0.05) is 36.9 Å². The number of carbonyl (C=O) groups is 1. The van der Waals surface area contributed by atoms with E-state index in [1.807, 2.05) is 61.2 Å². The highest BCUT2D eigenvalue weighted by molar-refractivity contribution is 7.80. The van der Waals surface area contributed by atoms with Crippen LogP contribution in [-0.4, -0.2) is 30.5 Å². The van der Waals surface area contributed by atoms with Crippen molar-refractivity contribution in [2.24, 2.45) is 5.92 Å². The molecule has 0 spiro atoms. The van der Waals surface area contributed by atoms with Gasteiger partial charge in [0.05, 0.1) is 13.2 Å². The number of rotatable bonds is 5. The topological polar surface area (TPSA) is 60.0 Å². The highest BCUT2D eigenvalue weighted by Gasteiger charge is 2.60. The molecule has 0 unspecified atom stereocenters. The quantitative estimate of drug-likeness (QED) is 0.444. The number of hydrogen-bond donors (Lipinski definition) is 1. The lowest BCUT2D eigenvalue weighted by Crippen LogP contribution is -2.71. The maximum absolute atomic E-state index is 13.2. The van der Waals surface area contributed by atoms with E-state index in [2.05, 4.69) is 11.9 Å². The number of nitrogens with one attached hydrogen (secondary N) is 1. The second-order valence-corrected chi connectivity index (χ2v) is 7.92. The van der Waals surface area contributed by atoms with Crippen molar-refractivity contribution >= 4 is 29.0 Å². The Bertz CT molecular complexity index is 1020. The van der Waals surface area contributed by atoms with Crippen LogP contribution in [-0.2, 0) is 9.53 Å². The minimum atomic E-state index is -1.12. The third-order valence-corrected chi connectivity index (χ3v) is 5.87.